The van der Waals surface area contributed by atoms with E-state index in [2.05, 4.69) is 26.9 Å². The fourth-order valence-corrected chi connectivity index (χ4v) is 3.78. The largest absolute Gasteiger partial charge is 0.325 e. The van der Waals surface area contributed by atoms with Crippen LogP contribution in [-0.4, -0.2) is 27.8 Å². The molecule has 2 amide bonds. The van der Waals surface area contributed by atoms with Gasteiger partial charge in [-0.05, 0) is 43.5 Å². The van der Waals surface area contributed by atoms with Crippen molar-refractivity contribution < 1.29 is 9.59 Å². The van der Waals surface area contributed by atoms with Crippen molar-refractivity contribution in [2.45, 2.75) is 44.4 Å². The molecule has 0 unspecified atom stereocenters. The molecule has 2 rings (SSSR count). The van der Waals surface area contributed by atoms with E-state index in [1.807, 2.05) is 32.9 Å². The minimum absolute atomic E-state index is 0.0536. The highest BCUT2D eigenvalue weighted by Gasteiger charge is 2.10. The Kier molecular flexibility index (Phi) is 7.39. The number of anilines is 2. The van der Waals surface area contributed by atoms with E-state index >= 15 is 0 Å². The molecule has 1 aromatic carbocycles. The number of aryl methyl sites for hydroxylation is 2. The molecule has 0 radical (unpaired) electrons. The van der Waals surface area contributed by atoms with Gasteiger partial charge in [-0.15, -0.1) is 10.2 Å². The Bertz CT molecular complexity index is 726. The summed E-state index contributed by atoms with van der Waals surface area (Å²) in [6, 6.07) is 5.93. The average molecular weight is 379 g/mol. The molecule has 134 valence electrons. The molecule has 0 aliphatic rings. The molecule has 6 nitrogen and oxygen atoms in total. The van der Waals surface area contributed by atoms with Gasteiger partial charge in [0.05, 0.1) is 5.75 Å². The van der Waals surface area contributed by atoms with Gasteiger partial charge in [0.2, 0.25) is 16.9 Å². The third-order valence-electron chi connectivity index (χ3n) is 3.24. The summed E-state index contributed by atoms with van der Waals surface area (Å²) in [5, 5.41) is 14.0. The monoisotopic (exact) mass is 378 g/mol. The first-order valence-electron chi connectivity index (χ1n) is 8.10. The second-order valence-corrected chi connectivity index (χ2v) is 7.94. The van der Waals surface area contributed by atoms with E-state index in [0.717, 1.165) is 29.7 Å². The number of unbranched alkanes of at least 4 members (excludes halogenated alkanes) is 1. The van der Waals surface area contributed by atoms with Crippen LogP contribution in [-0.2, 0) is 9.59 Å². The highest BCUT2D eigenvalue weighted by Crippen LogP contribution is 2.26. The summed E-state index contributed by atoms with van der Waals surface area (Å²) in [6.07, 6.45) is 2.31. The molecule has 8 heteroatoms. The van der Waals surface area contributed by atoms with E-state index in [9.17, 15) is 9.59 Å². The number of rotatable bonds is 8. The quantitative estimate of drug-likeness (QED) is 0.535. The predicted octanol–water partition coefficient (Wildman–Crippen LogP) is 4.01. The Hall–Kier alpha value is -1.93. The lowest BCUT2D eigenvalue weighted by molar-refractivity contribution is -0.116. The van der Waals surface area contributed by atoms with Gasteiger partial charge in [-0.1, -0.05) is 42.5 Å². The van der Waals surface area contributed by atoms with Crippen LogP contribution < -0.4 is 10.6 Å². The fraction of sp³-hybridized carbons (Fsp3) is 0.412. The highest BCUT2D eigenvalue weighted by atomic mass is 32.2. The number of hydrogen-bond donors (Lipinski definition) is 2. The van der Waals surface area contributed by atoms with E-state index in [-0.39, 0.29) is 17.6 Å². The summed E-state index contributed by atoms with van der Waals surface area (Å²) in [5.41, 5.74) is 3.01. The Balaban J connectivity index is 1.81. The molecule has 1 heterocycles. The van der Waals surface area contributed by atoms with Crippen molar-refractivity contribution in [1.82, 2.24) is 10.2 Å². The van der Waals surface area contributed by atoms with Crippen molar-refractivity contribution in [3.63, 3.8) is 0 Å². The normalized spacial score (nSPS) is 10.5. The van der Waals surface area contributed by atoms with E-state index in [1.165, 1.54) is 23.1 Å². The third-order valence-corrected chi connectivity index (χ3v) is 5.21. The van der Waals surface area contributed by atoms with E-state index in [4.69, 9.17) is 0 Å². The summed E-state index contributed by atoms with van der Waals surface area (Å²) in [6.45, 7) is 6.03. The smallest absolute Gasteiger partial charge is 0.234 e. The van der Waals surface area contributed by atoms with Crippen LogP contribution in [0.2, 0.25) is 0 Å². The molecule has 0 saturated carbocycles. The van der Waals surface area contributed by atoms with Gasteiger partial charge >= 0.3 is 0 Å². The number of hydrogen-bond acceptors (Lipinski definition) is 6. The molecule has 0 spiro atoms. The second kappa shape index (κ2) is 9.53. The van der Waals surface area contributed by atoms with Crippen LogP contribution in [0, 0.1) is 13.8 Å². The number of nitrogens with zero attached hydrogens (tertiary/aromatic N) is 2. The first kappa shape index (κ1) is 19.4. The highest BCUT2D eigenvalue weighted by molar-refractivity contribution is 8.01. The molecule has 0 fully saturated rings. The van der Waals surface area contributed by atoms with Gasteiger partial charge in [0.15, 0.2) is 4.34 Å². The maximum absolute atomic E-state index is 12.1. The zero-order valence-corrected chi connectivity index (χ0v) is 16.2. The van der Waals surface area contributed by atoms with Gasteiger partial charge in [0.25, 0.3) is 0 Å². The Morgan fingerprint density at radius 3 is 2.48 bits per heavy atom. The first-order valence-corrected chi connectivity index (χ1v) is 9.90. The summed E-state index contributed by atoms with van der Waals surface area (Å²) >= 11 is 2.58. The first-order chi connectivity index (χ1) is 12.0. The maximum Gasteiger partial charge on any atom is 0.234 e. The van der Waals surface area contributed by atoms with Gasteiger partial charge in [-0.3, -0.25) is 9.59 Å². The number of nitrogens with one attached hydrogen (secondary N) is 2. The van der Waals surface area contributed by atoms with Crippen LogP contribution in [0.3, 0.4) is 0 Å². The number of carbonyl (C=O) groups is 2. The average Bonchev–Trinajstić information content (AvgIpc) is 2.97. The molecule has 0 aliphatic carbocycles. The summed E-state index contributed by atoms with van der Waals surface area (Å²) < 4.78 is 0.654. The van der Waals surface area contributed by atoms with E-state index in [0.29, 0.717) is 15.9 Å². The standard InChI is InChI=1S/C17H22N4O2S2/c1-4-5-6-14(22)19-16-20-21-17(25-16)24-10-15(23)18-13-8-11(2)7-12(3)9-13/h7-9H,4-6,10H2,1-3H3,(H,18,23)(H,19,20,22). The van der Waals surface area contributed by atoms with Crippen LogP contribution >= 0.6 is 23.1 Å². The second-order valence-electron chi connectivity index (χ2n) is 5.74. The molecular formula is C17H22N4O2S2. The predicted molar refractivity (Wildman–Crippen MR) is 103 cm³/mol. The number of carbonyl (C=O) groups excluding carboxylic acids is 2. The molecule has 1 aromatic heterocycles. The van der Waals surface area contributed by atoms with Gasteiger partial charge in [0, 0.05) is 12.1 Å². The number of thioether (sulfide) groups is 1. The van der Waals surface area contributed by atoms with Crippen LogP contribution in [0.4, 0.5) is 10.8 Å². The SMILES string of the molecule is CCCCC(=O)Nc1nnc(SCC(=O)Nc2cc(C)cc(C)c2)s1. The molecule has 2 aromatic rings. The van der Waals surface area contributed by atoms with E-state index in [1.54, 1.807) is 0 Å². The van der Waals surface area contributed by atoms with E-state index < -0.39 is 0 Å². The van der Waals surface area contributed by atoms with Crippen molar-refractivity contribution in [1.29, 1.82) is 0 Å². The van der Waals surface area contributed by atoms with Crippen LogP contribution in [0.25, 0.3) is 0 Å². The van der Waals surface area contributed by atoms with Crippen LogP contribution in [0.1, 0.15) is 37.3 Å². The van der Waals surface area contributed by atoms with Gasteiger partial charge in [0.1, 0.15) is 0 Å². The number of amides is 2. The van der Waals surface area contributed by atoms with Gasteiger partial charge in [-0.2, -0.15) is 0 Å². The topological polar surface area (TPSA) is 84.0 Å². The summed E-state index contributed by atoms with van der Waals surface area (Å²) in [7, 11) is 0. The van der Waals surface area contributed by atoms with Gasteiger partial charge in [-0.25, -0.2) is 0 Å². The van der Waals surface area contributed by atoms with Crippen molar-refractivity contribution in [3.8, 4) is 0 Å². The lowest BCUT2D eigenvalue weighted by Gasteiger charge is -2.06. The molecule has 25 heavy (non-hydrogen) atoms. The minimum Gasteiger partial charge on any atom is -0.325 e. The summed E-state index contributed by atoms with van der Waals surface area (Å²) in [5.74, 6) is 0.0895. The van der Waals surface area contributed by atoms with Crippen molar-refractivity contribution in [3.05, 3.63) is 29.3 Å². The van der Waals surface area contributed by atoms with Crippen LogP contribution in [0.5, 0.6) is 0 Å². The fourth-order valence-electron chi connectivity index (χ4n) is 2.21. The minimum atomic E-state index is -0.0984. The Labute approximate surface area is 155 Å². The maximum atomic E-state index is 12.1. The Morgan fingerprint density at radius 2 is 1.80 bits per heavy atom. The zero-order valence-electron chi connectivity index (χ0n) is 14.6. The van der Waals surface area contributed by atoms with Gasteiger partial charge < -0.3 is 10.6 Å². The lowest BCUT2D eigenvalue weighted by Crippen LogP contribution is -2.14. The Morgan fingerprint density at radius 1 is 1.08 bits per heavy atom. The molecule has 0 bridgehead atoms. The van der Waals surface area contributed by atoms with Crippen molar-refractivity contribution >= 4 is 45.7 Å². The van der Waals surface area contributed by atoms with Crippen LogP contribution in [0.15, 0.2) is 22.5 Å². The van der Waals surface area contributed by atoms with Crippen molar-refractivity contribution in [2.75, 3.05) is 16.4 Å². The molecule has 0 atom stereocenters. The molecule has 0 aliphatic heterocycles. The molecule has 2 N–H and O–H groups in total. The molecule has 0 saturated heterocycles. The number of benzene rings is 1. The van der Waals surface area contributed by atoms with Crippen molar-refractivity contribution in [2.24, 2.45) is 0 Å². The summed E-state index contributed by atoms with van der Waals surface area (Å²) in [4.78, 5) is 23.7. The zero-order chi connectivity index (χ0) is 18.2. The number of aromatic nitrogens is 2. The third kappa shape index (κ3) is 6.83. The lowest BCUT2D eigenvalue weighted by atomic mass is 10.1. The molecular weight excluding hydrogens is 356 g/mol.